The molecule has 2 aromatic rings. The molecule has 1 aromatic heterocycles. The summed E-state index contributed by atoms with van der Waals surface area (Å²) < 4.78 is 6.33. The van der Waals surface area contributed by atoms with E-state index in [0.29, 0.717) is 5.76 Å². The van der Waals surface area contributed by atoms with E-state index in [1.807, 2.05) is 25.1 Å². The molecule has 106 valence electrons. The summed E-state index contributed by atoms with van der Waals surface area (Å²) >= 11 is 3.45. The lowest BCUT2D eigenvalue weighted by molar-refractivity contribution is 0.0659. The number of carboxylic acid groups (broad SMARTS) is 1. The van der Waals surface area contributed by atoms with Gasteiger partial charge in [0.2, 0.25) is 5.76 Å². The molecule has 1 aromatic carbocycles. The summed E-state index contributed by atoms with van der Waals surface area (Å²) in [7, 11) is 0. The number of furan rings is 1. The molecule has 0 aliphatic heterocycles. The van der Waals surface area contributed by atoms with Crippen LogP contribution in [-0.4, -0.2) is 11.1 Å². The lowest BCUT2D eigenvalue weighted by Crippen LogP contribution is -2.22. The van der Waals surface area contributed by atoms with Crippen molar-refractivity contribution < 1.29 is 14.3 Å². The lowest BCUT2D eigenvalue weighted by Gasteiger charge is -2.19. The first kappa shape index (κ1) is 14.8. The number of carboxylic acids is 1. The fourth-order valence-electron chi connectivity index (χ4n) is 2.03. The van der Waals surface area contributed by atoms with Crippen LogP contribution in [0.2, 0.25) is 0 Å². The topological polar surface area (TPSA) is 62.5 Å². The first-order chi connectivity index (χ1) is 9.47. The van der Waals surface area contributed by atoms with E-state index >= 15 is 0 Å². The third kappa shape index (κ3) is 3.49. The zero-order chi connectivity index (χ0) is 14.7. The molecule has 4 nitrogen and oxygen atoms in total. The van der Waals surface area contributed by atoms with E-state index in [1.165, 1.54) is 6.07 Å². The summed E-state index contributed by atoms with van der Waals surface area (Å²) in [5.41, 5.74) is 1.15. The van der Waals surface area contributed by atoms with E-state index in [1.54, 1.807) is 6.07 Å². The standard InChI is InChI=1S/C15H16BrNO3/c1-9(11-4-3-5-12(16)8-11)17-10(2)13-6-7-14(20-13)15(18)19/h3-10,17H,1-2H3,(H,18,19)/t9-,10?/m0/s1. The van der Waals surface area contributed by atoms with E-state index in [-0.39, 0.29) is 17.8 Å². The highest BCUT2D eigenvalue weighted by molar-refractivity contribution is 9.10. The average Bonchev–Trinajstić information content (AvgIpc) is 2.88. The highest BCUT2D eigenvalue weighted by Crippen LogP contribution is 2.23. The smallest absolute Gasteiger partial charge is 0.371 e. The normalized spacial score (nSPS) is 13.9. The fraction of sp³-hybridized carbons (Fsp3) is 0.267. The second-order valence-corrected chi connectivity index (χ2v) is 5.59. The largest absolute Gasteiger partial charge is 0.475 e. The van der Waals surface area contributed by atoms with Gasteiger partial charge in [0.25, 0.3) is 0 Å². The highest BCUT2D eigenvalue weighted by Gasteiger charge is 2.16. The first-order valence-corrected chi connectivity index (χ1v) is 7.11. The summed E-state index contributed by atoms with van der Waals surface area (Å²) in [5.74, 6) is -0.475. The van der Waals surface area contributed by atoms with Crippen molar-refractivity contribution in [3.8, 4) is 0 Å². The highest BCUT2D eigenvalue weighted by atomic mass is 79.9. The molecule has 0 saturated carbocycles. The number of aromatic carboxylic acids is 1. The maximum atomic E-state index is 10.8. The van der Waals surface area contributed by atoms with Crippen LogP contribution in [0.5, 0.6) is 0 Å². The Hall–Kier alpha value is -1.59. The van der Waals surface area contributed by atoms with Crippen molar-refractivity contribution in [3.05, 3.63) is 58.0 Å². The van der Waals surface area contributed by atoms with Gasteiger partial charge >= 0.3 is 5.97 Å². The van der Waals surface area contributed by atoms with Gasteiger partial charge in [-0.05, 0) is 43.7 Å². The predicted molar refractivity (Wildman–Crippen MR) is 79.8 cm³/mol. The SMILES string of the molecule is CC(N[C@@H](C)c1cccc(Br)c1)c1ccc(C(=O)O)o1. The number of hydrogen-bond donors (Lipinski definition) is 2. The molecule has 2 N–H and O–H groups in total. The summed E-state index contributed by atoms with van der Waals surface area (Å²) in [5, 5.41) is 12.2. The molecule has 0 aliphatic carbocycles. The minimum Gasteiger partial charge on any atom is -0.475 e. The first-order valence-electron chi connectivity index (χ1n) is 6.32. The Morgan fingerprint density at radius 1 is 1.25 bits per heavy atom. The van der Waals surface area contributed by atoms with Crippen LogP contribution in [0.3, 0.4) is 0 Å². The zero-order valence-corrected chi connectivity index (χ0v) is 12.8. The summed E-state index contributed by atoms with van der Waals surface area (Å²) in [4.78, 5) is 10.8. The molecule has 0 bridgehead atoms. The Balaban J connectivity index is 2.06. The number of nitrogens with one attached hydrogen (secondary N) is 1. The van der Waals surface area contributed by atoms with Gasteiger partial charge in [-0.1, -0.05) is 28.1 Å². The number of halogens is 1. The molecular weight excluding hydrogens is 322 g/mol. The molecule has 0 fully saturated rings. The van der Waals surface area contributed by atoms with E-state index in [9.17, 15) is 4.79 Å². The van der Waals surface area contributed by atoms with Crippen molar-refractivity contribution in [1.29, 1.82) is 0 Å². The molecule has 0 spiro atoms. The van der Waals surface area contributed by atoms with E-state index < -0.39 is 5.97 Å². The number of rotatable bonds is 5. The van der Waals surface area contributed by atoms with Crippen molar-refractivity contribution >= 4 is 21.9 Å². The second-order valence-electron chi connectivity index (χ2n) is 4.67. The maximum Gasteiger partial charge on any atom is 0.371 e. The zero-order valence-electron chi connectivity index (χ0n) is 11.3. The minimum atomic E-state index is -1.05. The molecule has 1 heterocycles. The Labute approximate surface area is 125 Å². The van der Waals surface area contributed by atoms with Gasteiger partial charge in [0, 0.05) is 10.5 Å². The average molecular weight is 338 g/mol. The van der Waals surface area contributed by atoms with Gasteiger partial charge in [0.05, 0.1) is 6.04 Å². The molecule has 2 atom stereocenters. The van der Waals surface area contributed by atoms with E-state index in [2.05, 4.69) is 34.2 Å². The van der Waals surface area contributed by atoms with Gasteiger partial charge < -0.3 is 14.8 Å². The van der Waals surface area contributed by atoms with Crippen LogP contribution in [0, 0.1) is 0 Å². The number of benzene rings is 1. The lowest BCUT2D eigenvalue weighted by atomic mass is 10.1. The minimum absolute atomic E-state index is 0.0382. The van der Waals surface area contributed by atoms with Gasteiger partial charge in [-0.2, -0.15) is 0 Å². The van der Waals surface area contributed by atoms with Crippen molar-refractivity contribution in [3.63, 3.8) is 0 Å². The Kier molecular flexibility index (Phi) is 4.62. The molecule has 1 unspecified atom stereocenters. The molecule has 2 rings (SSSR count). The van der Waals surface area contributed by atoms with Crippen LogP contribution in [0.4, 0.5) is 0 Å². The summed E-state index contributed by atoms with van der Waals surface area (Å²) in [6.45, 7) is 4.00. The van der Waals surface area contributed by atoms with Gasteiger partial charge in [0.1, 0.15) is 5.76 Å². The maximum absolute atomic E-state index is 10.8. The molecule has 5 heteroatoms. The van der Waals surface area contributed by atoms with Crippen LogP contribution < -0.4 is 5.32 Å². The predicted octanol–water partition coefficient (Wildman–Crippen LogP) is 4.15. The fourth-order valence-corrected chi connectivity index (χ4v) is 2.45. The van der Waals surface area contributed by atoms with Crippen molar-refractivity contribution in [2.75, 3.05) is 0 Å². The monoisotopic (exact) mass is 337 g/mol. The Morgan fingerprint density at radius 2 is 2.00 bits per heavy atom. The van der Waals surface area contributed by atoms with Crippen LogP contribution in [0.15, 0.2) is 45.3 Å². The molecular formula is C15H16BrNO3. The van der Waals surface area contributed by atoms with Crippen molar-refractivity contribution in [1.82, 2.24) is 5.32 Å². The van der Waals surface area contributed by atoms with Gasteiger partial charge in [-0.25, -0.2) is 4.79 Å². The summed E-state index contributed by atoms with van der Waals surface area (Å²) in [6, 6.07) is 11.3. The third-order valence-electron chi connectivity index (χ3n) is 3.11. The van der Waals surface area contributed by atoms with Crippen LogP contribution >= 0.6 is 15.9 Å². The Morgan fingerprint density at radius 3 is 2.60 bits per heavy atom. The number of carbonyl (C=O) groups is 1. The molecule has 20 heavy (non-hydrogen) atoms. The van der Waals surface area contributed by atoms with Crippen LogP contribution in [-0.2, 0) is 0 Å². The van der Waals surface area contributed by atoms with Crippen molar-refractivity contribution in [2.24, 2.45) is 0 Å². The third-order valence-corrected chi connectivity index (χ3v) is 3.61. The van der Waals surface area contributed by atoms with Gasteiger partial charge in [-0.15, -0.1) is 0 Å². The molecule has 0 amide bonds. The van der Waals surface area contributed by atoms with Crippen molar-refractivity contribution in [2.45, 2.75) is 25.9 Å². The second kappa shape index (κ2) is 6.24. The van der Waals surface area contributed by atoms with Crippen LogP contribution in [0.1, 0.15) is 47.8 Å². The number of hydrogen-bond acceptors (Lipinski definition) is 3. The van der Waals surface area contributed by atoms with Crippen LogP contribution in [0.25, 0.3) is 0 Å². The molecule has 0 aliphatic rings. The Bertz CT molecular complexity index is 609. The molecule has 0 radical (unpaired) electrons. The molecule has 0 saturated heterocycles. The van der Waals surface area contributed by atoms with Gasteiger partial charge in [-0.3, -0.25) is 0 Å². The summed E-state index contributed by atoms with van der Waals surface area (Å²) in [6.07, 6.45) is 0. The van der Waals surface area contributed by atoms with E-state index in [4.69, 9.17) is 9.52 Å². The quantitative estimate of drug-likeness (QED) is 0.860. The van der Waals surface area contributed by atoms with Gasteiger partial charge in [0.15, 0.2) is 0 Å². The van der Waals surface area contributed by atoms with E-state index in [0.717, 1.165) is 10.0 Å².